The molecule has 2 aliphatic rings. The van der Waals surface area contributed by atoms with Gasteiger partial charge in [-0.25, -0.2) is 4.79 Å². The second-order valence-corrected chi connectivity index (χ2v) is 6.00. The Hall–Kier alpha value is -3.28. The fraction of sp³-hybridized carbons (Fsp3) is 0.238. The van der Waals surface area contributed by atoms with Crippen molar-refractivity contribution >= 4 is 11.8 Å². The monoisotopic (exact) mass is 368 g/mol. The molecule has 0 N–H and O–H groups in total. The standard InChI is InChI=1S/C21H20O6/c1-24-13-17(20(23)26-3)21(12-11-14-5-4-6-18(14)27-21)19(22)15-7-9-16(25-2)10-8-15/h4-11,13H,12H2,1-3H3/b17-13-. The molecular formula is C21H20O6. The molecule has 0 fully saturated rings. The van der Waals surface area contributed by atoms with Gasteiger partial charge in [0.2, 0.25) is 11.4 Å². The highest BCUT2D eigenvalue weighted by Crippen LogP contribution is 2.41. The summed E-state index contributed by atoms with van der Waals surface area (Å²) in [7, 11) is 4.19. The molecule has 0 radical (unpaired) electrons. The maximum Gasteiger partial charge on any atom is 0.341 e. The Morgan fingerprint density at radius 2 is 1.89 bits per heavy atom. The predicted octanol–water partition coefficient (Wildman–Crippen LogP) is 3.12. The van der Waals surface area contributed by atoms with E-state index in [4.69, 9.17) is 18.9 Å². The van der Waals surface area contributed by atoms with Crippen molar-refractivity contribution < 1.29 is 28.5 Å². The number of Topliss-reactive ketones (excluding diaryl/α,β-unsaturated/α-hetero) is 1. The summed E-state index contributed by atoms with van der Waals surface area (Å²) in [6.07, 6.45) is 8.70. The van der Waals surface area contributed by atoms with Crippen LogP contribution in [0.1, 0.15) is 16.8 Å². The normalized spacial score (nSPS) is 20.8. The van der Waals surface area contributed by atoms with Gasteiger partial charge in [-0.2, -0.15) is 0 Å². The number of esters is 1. The summed E-state index contributed by atoms with van der Waals surface area (Å²) in [6.45, 7) is 0. The minimum Gasteiger partial charge on any atom is -0.504 e. The van der Waals surface area contributed by atoms with Crippen LogP contribution in [-0.2, 0) is 19.0 Å². The zero-order valence-corrected chi connectivity index (χ0v) is 15.4. The zero-order valence-electron chi connectivity index (χ0n) is 15.4. The molecule has 1 aliphatic heterocycles. The number of benzene rings is 1. The van der Waals surface area contributed by atoms with Gasteiger partial charge in [0, 0.05) is 17.6 Å². The summed E-state index contributed by atoms with van der Waals surface area (Å²) in [5, 5.41) is 0. The van der Waals surface area contributed by atoms with Gasteiger partial charge in [-0.1, -0.05) is 18.2 Å². The molecule has 1 aromatic rings. The summed E-state index contributed by atoms with van der Waals surface area (Å²) >= 11 is 0. The highest BCUT2D eigenvalue weighted by atomic mass is 16.5. The quantitative estimate of drug-likeness (QED) is 0.333. The van der Waals surface area contributed by atoms with Crippen LogP contribution < -0.4 is 4.74 Å². The lowest BCUT2D eigenvalue weighted by atomic mass is 9.80. The van der Waals surface area contributed by atoms with Crippen LogP contribution in [0.4, 0.5) is 0 Å². The van der Waals surface area contributed by atoms with Gasteiger partial charge < -0.3 is 18.9 Å². The van der Waals surface area contributed by atoms with Crippen molar-refractivity contribution in [3.63, 3.8) is 0 Å². The van der Waals surface area contributed by atoms with Gasteiger partial charge in [0.05, 0.1) is 27.6 Å². The molecule has 0 bridgehead atoms. The average molecular weight is 368 g/mol. The van der Waals surface area contributed by atoms with Crippen LogP contribution in [0.3, 0.4) is 0 Å². The predicted molar refractivity (Wildman–Crippen MR) is 98.2 cm³/mol. The summed E-state index contributed by atoms with van der Waals surface area (Å²) in [5.74, 6) is 0.0776. The number of methoxy groups -OCH3 is 3. The number of ether oxygens (including phenoxy) is 4. The third-order valence-corrected chi connectivity index (χ3v) is 4.50. The van der Waals surface area contributed by atoms with E-state index in [1.807, 2.05) is 18.2 Å². The third kappa shape index (κ3) is 3.26. The number of ketones is 1. The molecule has 6 nitrogen and oxygen atoms in total. The zero-order chi connectivity index (χ0) is 19.4. The lowest BCUT2D eigenvalue weighted by molar-refractivity contribution is -0.138. The third-order valence-electron chi connectivity index (χ3n) is 4.50. The maximum atomic E-state index is 13.5. The Morgan fingerprint density at radius 1 is 1.15 bits per heavy atom. The molecular weight excluding hydrogens is 348 g/mol. The summed E-state index contributed by atoms with van der Waals surface area (Å²) in [6, 6.07) is 6.63. The molecule has 0 amide bonds. The summed E-state index contributed by atoms with van der Waals surface area (Å²) < 4.78 is 21.2. The van der Waals surface area contributed by atoms with Crippen LogP contribution in [0.15, 0.2) is 71.7 Å². The lowest BCUT2D eigenvalue weighted by Crippen LogP contribution is -2.47. The number of allylic oxidation sites excluding steroid dienone is 3. The van der Waals surface area contributed by atoms with Crippen LogP contribution in [0.2, 0.25) is 0 Å². The van der Waals surface area contributed by atoms with Crippen LogP contribution in [0.25, 0.3) is 0 Å². The van der Waals surface area contributed by atoms with E-state index in [1.165, 1.54) is 20.5 Å². The van der Waals surface area contributed by atoms with Crippen LogP contribution in [0, 0.1) is 0 Å². The van der Waals surface area contributed by atoms with Crippen molar-refractivity contribution in [2.75, 3.05) is 21.3 Å². The second kappa shape index (κ2) is 7.53. The fourth-order valence-electron chi connectivity index (χ4n) is 3.10. The van der Waals surface area contributed by atoms with Crippen molar-refractivity contribution in [2.24, 2.45) is 0 Å². The molecule has 1 atom stereocenters. The molecule has 6 heteroatoms. The molecule has 27 heavy (non-hydrogen) atoms. The molecule has 1 heterocycles. The number of hydrogen-bond donors (Lipinski definition) is 0. The lowest BCUT2D eigenvalue weighted by Gasteiger charge is -2.36. The van der Waals surface area contributed by atoms with Crippen molar-refractivity contribution in [1.29, 1.82) is 0 Å². The minimum atomic E-state index is -1.58. The summed E-state index contributed by atoms with van der Waals surface area (Å²) in [4.78, 5) is 26.0. The van der Waals surface area contributed by atoms with E-state index in [0.29, 0.717) is 17.1 Å². The van der Waals surface area contributed by atoms with Crippen LogP contribution >= 0.6 is 0 Å². The van der Waals surface area contributed by atoms with E-state index >= 15 is 0 Å². The Bertz CT molecular complexity index is 872. The first-order valence-electron chi connectivity index (χ1n) is 8.34. The largest absolute Gasteiger partial charge is 0.504 e. The average Bonchev–Trinajstić information content (AvgIpc) is 3.18. The van der Waals surface area contributed by atoms with Gasteiger partial charge in [0.15, 0.2) is 0 Å². The van der Waals surface area contributed by atoms with E-state index < -0.39 is 11.6 Å². The van der Waals surface area contributed by atoms with Crippen LogP contribution in [-0.4, -0.2) is 38.7 Å². The number of fused-ring (bicyclic) bond motifs is 1. The Kier molecular flexibility index (Phi) is 5.16. The minimum absolute atomic E-state index is 0.00332. The van der Waals surface area contributed by atoms with Gasteiger partial charge >= 0.3 is 5.97 Å². The molecule has 140 valence electrons. The first-order valence-corrected chi connectivity index (χ1v) is 8.34. The van der Waals surface area contributed by atoms with Crippen molar-refractivity contribution in [2.45, 2.75) is 12.0 Å². The van der Waals surface area contributed by atoms with E-state index in [2.05, 4.69) is 0 Å². The van der Waals surface area contributed by atoms with Gasteiger partial charge in [-0.05, 0) is 30.3 Å². The molecule has 3 rings (SSSR count). The highest BCUT2D eigenvalue weighted by Gasteiger charge is 2.50. The van der Waals surface area contributed by atoms with E-state index in [9.17, 15) is 9.59 Å². The van der Waals surface area contributed by atoms with Gasteiger partial charge in [-0.3, -0.25) is 4.79 Å². The van der Waals surface area contributed by atoms with Gasteiger partial charge in [-0.15, -0.1) is 0 Å². The van der Waals surface area contributed by atoms with E-state index in [1.54, 1.807) is 37.5 Å². The summed E-state index contributed by atoms with van der Waals surface area (Å²) in [5.41, 5.74) is -0.338. The number of hydrogen-bond acceptors (Lipinski definition) is 6. The first kappa shape index (κ1) is 18.5. The molecule has 1 unspecified atom stereocenters. The van der Waals surface area contributed by atoms with E-state index in [-0.39, 0.29) is 17.8 Å². The fourth-order valence-corrected chi connectivity index (χ4v) is 3.10. The topological polar surface area (TPSA) is 71.1 Å². The molecule has 1 aromatic carbocycles. The Morgan fingerprint density at radius 3 is 2.52 bits per heavy atom. The molecule has 0 saturated heterocycles. The van der Waals surface area contributed by atoms with Crippen LogP contribution in [0.5, 0.6) is 5.75 Å². The second-order valence-electron chi connectivity index (χ2n) is 6.00. The first-order chi connectivity index (χ1) is 13.1. The van der Waals surface area contributed by atoms with E-state index in [0.717, 1.165) is 5.57 Å². The molecule has 0 saturated carbocycles. The Labute approximate surface area is 157 Å². The maximum absolute atomic E-state index is 13.5. The van der Waals surface area contributed by atoms with Gasteiger partial charge in [0.1, 0.15) is 17.1 Å². The van der Waals surface area contributed by atoms with Gasteiger partial charge in [0.25, 0.3) is 0 Å². The molecule has 0 aromatic heterocycles. The van der Waals surface area contributed by atoms with Crippen molar-refractivity contribution in [3.05, 3.63) is 77.3 Å². The number of carbonyl (C=O) groups excluding carboxylic acids is 2. The number of carbonyl (C=O) groups is 2. The van der Waals surface area contributed by atoms with Crippen molar-refractivity contribution in [1.82, 2.24) is 0 Å². The Balaban J connectivity index is 2.11. The highest BCUT2D eigenvalue weighted by molar-refractivity contribution is 6.11. The van der Waals surface area contributed by atoms with Crippen molar-refractivity contribution in [3.8, 4) is 5.75 Å². The molecule has 0 spiro atoms. The molecule has 1 aliphatic carbocycles. The SMILES string of the molecule is CO/C=C(/C(=O)OC)C1(C(=O)c2ccc(OC)cc2)CC=C2C=CC=C2O1. The number of rotatable bonds is 6. The smallest absolute Gasteiger partial charge is 0.341 e.